The number of nitrogens with one attached hydrogen (secondary N) is 4. The highest BCUT2D eigenvalue weighted by molar-refractivity contribution is 6.31. The van der Waals surface area contributed by atoms with E-state index in [2.05, 4.69) is 27.0 Å². The van der Waals surface area contributed by atoms with Gasteiger partial charge in [-0.2, -0.15) is 0 Å². The van der Waals surface area contributed by atoms with E-state index >= 15 is 0 Å². The number of aliphatic hydroxyl groups excluding tert-OH is 2. The number of ketones is 3. The van der Waals surface area contributed by atoms with Crippen LogP contribution in [0.5, 0.6) is 17.2 Å². The summed E-state index contributed by atoms with van der Waals surface area (Å²) in [5, 5.41) is 67.5. The van der Waals surface area contributed by atoms with E-state index in [1.165, 1.54) is 44.4 Å². The third-order valence-electron chi connectivity index (χ3n) is 15.4. The van der Waals surface area contributed by atoms with Gasteiger partial charge in [0.2, 0.25) is 23.5 Å². The Hall–Kier alpha value is -8.39. The first-order chi connectivity index (χ1) is 40.2. The fourth-order valence-corrected chi connectivity index (χ4v) is 10.9. The first-order valence-corrected chi connectivity index (χ1v) is 27.8. The molecule has 2 heterocycles. The predicted molar refractivity (Wildman–Crippen MR) is 296 cm³/mol. The van der Waals surface area contributed by atoms with E-state index in [4.69, 9.17) is 18.9 Å². The van der Waals surface area contributed by atoms with Crippen molar-refractivity contribution in [3.63, 3.8) is 0 Å². The number of hydrogen-bond donors (Lipinski definition) is 10. The van der Waals surface area contributed by atoms with Crippen LogP contribution in [-0.4, -0.2) is 152 Å². The van der Waals surface area contributed by atoms with E-state index < -0.39 is 126 Å². The van der Waals surface area contributed by atoms with Crippen LogP contribution in [0.15, 0.2) is 84.9 Å². The van der Waals surface area contributed by atoms with Gasteiger partial charge in [-0.05, 0) is 68.4 Å². The maximum absolute atomic E-state index is 14.1. The third-order valence-corrected chi connectivity index (χ3v) is 15.4. The molecule has 6 amide bonds. The van der Waals surface area contributed by atoms with Crippen molar-refractivity contribution < 1.29 is 93.4 Å². The fourth-order valence-electron chi connectivity index (χ4n) is 10.9. The molecule has 446 valence electrons. The Morgan fingerprint density at radius 3 is 2.21 bits per heavy atom. The lowest BCUT2D eigenvalue weighted by Crippen LogP contribution is -2.56. The summed E-state index contributed by atoms with van der Waals surface area (Å²) in [5.74, 6) is -6.53. The number of phenolic OH excluding ortho intramolecular Hbond substituents is 2. The summed E-state index contributed by atoms with van der Waals surface area (Å²) in [6.07, 6.45) is -2.14. The highest BCUT2D eigenvalue weighted by atomic mass is 16.7. The number of imide groups is 1. The lowest BCUT2D eigenvalue weighted by molar-refractivity contribution is -0.368. The number of Topliss-reactive ketones (excluding diaryl/α,β-unsaturated/α-hetero) is 1. The molecule has 0 bridgehead atoms. The normalized spacial score (nSPS) is 21.4. The number of rotatable bonds is 25. The van der Waals surface area contributed by atoms with Crippen molar-refractivity contribution >= 4 is 58.7 Å². The van der Waals surface area contributed by atoms with Crippen molar-refractivity contribution in [2.75, 3.05) is 32.1 Å². The molecule has 24 nitrogen and oxygen atoms in total. The summed E-state index contributed by atoms with van der Waals surface area (Å²) >= 11 is 0. The van der Waals surface area contributed by atoms with Gasteiger partial charge in [0.15, 0.2) is 17.9 Å². The molecule has 0 aromatic heterocycles. The van der Waals surface area contributed by atoms with Crippen molar-refractivity contribution in [1.29, 1.82) is 0 Å². The number of unbranched alkanes of at least 4 members (excludes halogenated alkanes) is 3. The zero-order chi connectivity index (χ0) is 60.4. The van der Waals surface area contributed by atoms with E-state index in [1.54, 1.807) is 24.3 Å². The fraction of sp³-hybridized carbons (Fsp3) is 0.417. The monoisotopic (exact) mass is 1160 g/mol. The predicted octanol–water partition coefficient (Wildman–Crippen LogP) is 2.02. The lowest BCUT2D eigenvalue weighted by Gasteiger charge is -2.42. The molecule has 8 atom stereocenters. The molecule has 4 aromatic rings. The van der Waals surface area contributed by atoms with Crippen LogP contribution in [0, 0.1) is 0 Å². The largest absolute Gasteiger partial charge is 0.507 e. The standard InChI is InChI=1S/C60H68N6O18/c1-32-52(72)39(27-47(83-32)84-42-29-60(80,43(68)30-67)28-37-49(42)56(76)51-50(54(37)74)53(73)36-14-11-16-41(81-2)48(36)55(51)75)65-59(79)82-31-34-18-20-35(21-19-34)62-57(77)38(15-8-9-24-61)64-58(78)40(26-33-12-5-3-6-13-33)63-44(69)17-7-4-10-25-66-45(70)22-23-46(66)71/h3,5-6,11-14,16,18-23,32,38-40,42,47,52,67,72,74,76,80H,4,7-10,15,17,24-31,61H2,1-2H3,(H,62,77)(H,63,69)(H,64,78)(H,65,79)/p+1. The van der Waals surface area contributed by atoms with Crippen molar-refractivity contribution in [2.45, 2.75) is 132 Å². The number of fused-ring (bicyclic) bond motifs is 3. The van der Waals surface area contributed by atoms with Gasteiger partial charge < -0.3 is 71.5 Å². The summed E-state index contributed by atoms with van der Waals surface area (Å²) in [4.78, 5) is 120. The quantitative estimate of drug-likeness (QED) is 0.0227. The molecule has 12 N–H and O–H groups in total. The summed E-state index contributed by atoms with van der Waals surface area (Å²) < 4.78 is 23.1. The molecule has 0 radical (unpaired) electrons. The Labute approximate surface area is 482 Å². The molecule has 8 unspecified atom stereocenters. The Kier molecular flexibility index (Phi) is 20.1. The van der Waals surface area contributed by atoms with Crippen LogP contribution in [0.2, 0.25) is 0 Å². The highest BCUT2D eigenvalue weighted by Gasteiger charge is 2.50. The number of hydrogen-bond acceptors (Lipinski definition) is 18. The number of aromatic hydroxyl groups is 2. The molecule has 1 fully saturated rings. The average Bonchev–Trinajstić information content (AvgIpc) is 1.06. The minimum Gasteiger partial charge on any atom is -0.507 e. The molecular formula is C60H69N6O18+. The van der Waals surface area contributed by atoms with Crippen LogP contribution in [0.1, 0.15) is 125 Å². The number of quaternary nitrogens is 1. The number of nitrogens with zero attached hydrogens (tertiary/aromatic N) is 1. The van der Waals surface area contributed by atoms with Crippen molar-refractivity contribution in [1.82, 2.24) is 20.9 Å². The van der Waals surface area contributed by atoms with Crippen LogP contribution >= 0.6 is 0 Å². The molecule has 84 heavy (non-hydrogen) atoms. The van der Waals surface area contributed by atoms with Gasteiger partial charge in [-0.25, -0.2) is 4.79 Å². The smallest absolute Gasteiger partial charge is 0.407 e. The highest BCUT2D eigenvalue weighted by Crippen LogP contribution is 2.52. The van der Waals surface area contributed by atoms with Gasteiger partial charge in [0.05, 0.1) is 48.6 Å². The van der Waals surface area contributed by atoms with Gasteiger partial charge >= 0.3 is 6.09 Å². The molecule has 4 aromatic carbocycles. The maximum atomic E-state index is 14.1. The number of methoxy groups -OCH3 is 1. The average molecular weight is 1160 g/mol. The van der Waals surface area contributed by atoms with Crippen LogP contribution in [0.3, 0.4) is 0 Å². The Balaban J connectivity index is 0.880. The number of aliphatic hydroxyl groups is 3. The molecule has 0 saturated carbocycles. The number of ether oxygens (including phenoxy) is 4. The number of phenols is 2. The third kappa shape index (κ3) is 14.0. The van der Waals surface area contributed by atoms with Gasteiger partial charge in [0, 0.05) is 73.2 Å². The van der Waals surface area contributed by atoms with Crippen LogP contribution in [0.4, 0.5) is 10.5 Å². The maximum Gasteiger partial charge on any atom is 0.407 e. The van der Waals surface area contributed by atoms with Crippen LogP contribution in [-0.2, 0) is 62.4 Å². The second-order valence-electron chi connectivity index (χ2n) is 21.2. The summed E-state index contributed by atoms with van der Waals surface area (Å²) in [7, 11) is 1.29. The number of amides is 6. The molecule has 2 aliphatic carbocycles. The Bertz CT molecular complexity index is 3190. The van der Waals surface area contributed by atoms with E-state index in [0.717, 1.165) is 10.5 Å². The van der Waals surface area contributed by atoms with Crippen molar-refractivity contribution in [3.05, 3.63) is 129 Å². The van der Waals surface area contributed by atoms with Gasteiger partial charge in [-0.1, -0.05) is 61.0 Å². The minimum absolute atomic E-state index is 0.0272. The van der Waals surface area contributed by atoms with Crippen LogP contribution < -0.4 is 31.7 Å². The molecule has 2 aliphatic heterocycles. The van der Waals surface area contributed by atoms with E-state index in [-0.39, 0.29) is 84.6 Å². The van der Waals surface area contributed by atoms with E-state index in [0.29, 0.717) is 49.9 Å². The van der Waals surface area contributed by atoms with Crippen molar-refractivity contribution in [2.24, 2.45) is 0 Å². The van der Waals surface area contributed by atoms with Gasteiger partial charge in [-0.3, -0.25) is 43.3 Å². The lowest BCUT2D eigenvalue weighted by atomic mass is 9.72. The van der Waals surface area contributed by atoms with Gasteiger partial charge in [-0.15, -0.1) is 0 Å². The number of carbonyl (C=O) groups excluding carboxylic acids is 9. The molecule has 4 aliphatic rings. The first-order valence-electron chi connectivity index (χ1n) is 27.8. The summed E-state index contributed by atoms with van der Waals surface area (Å²) in [6.45, 7) is 0.923. The van der Waals surface area contributed by atoms with Crippen molar-refractivity contribution in [3.8, 4) is 17.2 Å². The van der Waals surface area contributed by atoms with Gasteiger partial charge in [0.25, 0.3) is 11.8 Å². The van der Waals surface area contributed by atoms with E-state index in [1.807, 2.05) is 30.3 Å². The van der Waals surface area contributed by atoms with Gasteiger partial charge in [0.1, 0.15) is 54.3 Å². The number of anilines is 1. The first kappa shape index (κ1) is 61.7. The van der Waals surface area contributed by atoms with Crippen LogP contribution in [0.25, 0.3) is 0 Å². The molecule has 1 saturated heterocycles. The molecular weight excluding hydrogens is 1090 g/mol. The topological polar surface area (TPSA) is 371 Å². The second kappa shape index (κ2) is 27.3. The zero-order valence-corrected chi connectivity index (χ0v) is 46.4. The second-order valence-corrected chi connectivity index (χ2v) is 21.2. The van der Waals surface area contributed by atoms with E-state index in [9.17, 15) is 68.7 Å². The molecule has 8 rings (SSSR count). The summed E-state index contributed by atoms with van der Waals surface area (Å²) in [6, 6.07) is 16.5. The number of alkyl carbamates (subject to hydrolysis) is 1. The Morgan fingerprint density at radius 2 is 1.52 bits per heavy atom. The summed E-state index contributed by atoms with van der Waals surface area (Å²) in [5.41, 5.74) is 1.13. The molecule has 24 heteroatoms. The zero-order valence-electron chi connectivity index (χ0n) is 46.4. The number of benzene rings is 4. The minimum atomic E-state index is -2.41. The molecule has 0 spiro atoms. The SMILES string of the molecule is COc1cccc2c1C(=O)c1c(O)c3c(c(O)c1C2=O)CC(O)(C(=O)CO)CC3OC1CC(NC(=O)OCc2ccc(NC(=O)C(CCCC[NH3+])NC(=O)C(Cc3ccccc3)NC(=O)CCCCCN3C(=O)C=CC3=O)cc2)C(O)C(C)O1. The number of carbonyl (C=O) groups is 9. The Morgan fingerprint density at radius 1 is 0.810 bits per heavy atom.